The molecule has 1 aromatic rings. The SMILES string of the molecule is Cc1ccc(N2CC(NC(=O)N(C)CCO)CC2=O)cc1C. The van der Waals surface area contributed by atoms with E-state index in [1.54, 1.807) is 11.9 Å². The molecule has 0 aromatic heterocycles. The molecule has 6 nitrogen and oxygen atoms in total. The molecular weight excluding hydrogens is 282 g/mol. The summed E-state index contributed by atoms with van der Waals surface area (Å²) in [6, 6.07) is 5.45. The zero-order valence-electron chi connectivity index (χ0n) is 13.3. The third-order valence-corrected chi connectivity index (χ3v) is 4.04. The van der Waals surface area contributed by atoms with Crippen molar-refractivity contribution >= 4 is 17.6 Å². The number of aliphatic hydroxyl groups is 1. The normalized spacial score (nSPS) is 17.7. The van der Waals surface area contributed by atoms with Crippen LogP contribution in [-0.4, -0.2) is 54.7 Å². The Morgan fingerprint density at radius 2 is 2.14 bits per heavy atom. The second-order valence-corrected chi connectivity index (χ2v) is 5.77. The van der Waals surface area contributed by atoms with Crippen LogP contribution >= 0.6 is 0 Å². The third-order valence-electron chi connectivity index (χ3n) is 4.04. The molecule has 120 valence electrons. The van der Waals surface area contributed by atoms with Gasteiger partial charge in [0, 0.05) is 32.2 Å². The van der Waals surface area contributed by atoms with Crippen LogP contribution in [0.25, 0.3) is 0 Å². The summed E-state index contributed by atoms with van der Waals surface area (Å²) in [6.45, 7) is 4.71. The first kappa shape index (κ1) is 16.3. The van der Waals surface area contributed by atoms with Crippen LogP contribution in [0.4, 0.5) is 10.5 Å². The number of amides is 3. The summed E-state index contributed by atoms with van der Waals surface area (Å²) in [6.07, 6.45) is 0.297. The highest BCUT2D eigenvalue weighted by Gasteiger charge is 2.32. The molecular formula is C16H23N3O3. The Kier molecular flexibility index (Phi) is 5.03. The van der Waals surface area contributed by atoms with Crippen molar-refractivity contribution in [1.29, 1.82) is 0 Å². The van der Waals surface area contributed by atoms with E-state index in [0.717, 1.165) is 11.3 Å². The molecule has 1 aliphatic rings. The van der Waals surface area contributed by atoms with Gasteiger partial charge < -0.3 is 20.2 Å². The van der Waals surface area contributed by atoms with Gasteiger partial charge in [0.15, 0.2) is 0 Å². The maximum atomic E-state index is 12.2. The lowest BCUT2D eigenvalue weighted by Crippen LogP contribution is -2.45. The van der Waals surface area contributed by atoms with Gasteiger partial charge in [-0.2, -0.15) is 0 Å². The van der Waals surface area contributed by atoms with Crippen LogP contribution in [0.1, 0.15) is 17.5 Å². The molecule has 3 amide bonds. The summed E-state index contributed by atoms with van der Waals surface area (Å²) >= 11 is 0. The highest BCUT2D eigenvalue weighted by atomic mass is 16.3. The molecule has 1 unspecified atom stereocenters. The fourth-order valence-electron chi connectivity index (χ4n) is 2.48. The minimum Gasteiger partial charge on any atom is -0.395 e. The number of rotatable bonds is 4. The molecule has 0 aliphatic carbocycles. The molecule has 1 fully saturated rings. The summed E-state index contributed by atoms with van der Waals surface area (Å²) in [7, 11) is 1.61. The molecule has 1 atom stereocenters. The number of urea groups is 1. The summed E-state index contributed by atoms with van der Waals surface area (Å²) in [5.74, 6) is 0.0124. The van der Waals surface area contributed by atoms with Crippen molar-refractivity contribution in [3.8, 4) is 0 Å². The van der Waals surface area contributed by atoms with Crippen molar-refractivity contribution in [1.82, 2.24) is 10.2 Å². The molecule has 1 saturated heterocycles. The number of hydrogen-bond donors (Lipinski definition) is 2. The molecule has 1 aromatic carbocycles. The largest absolute Gasteiger partial charge is 0.395 e. The van der Waals surface area contributed by atoms with Crippen molar-refractivity contribution < 1.29 is 14.7 Å². The molecule has 22 heavy (non-hydrogen) atoms. The third kappa shape index (κ3) is 3.57. The predicted molar refractivity (Wildman–Crippen MR) is 84.9 cm³/mol. The summed E-state index contributed by atoms with van der Waals surface area (Å²) in [4.78, 5) is 27.2. The number of hydrogen-bond acceptors (Lipinski definition) is 3. The second-order valence-electron chi connectivity index (χ2n) is 5.77. The van der Waals surface area contributed by atoms with E-state index in [-0.39, 0.29) is 31.1 Å². The molecule has 2 rings (SSSR count). The lowest BCUT2D eigenvalue weighted by atomic mass is 10.1. The first-order valence-corrected chi connectivity index (χ1v) is 7.42. The van der Waals surface area contributed by atoms with Crippen LogP contribution in [0.2, 0.25) is 0 Å². The molecule has 0 spiro atoms. The lowest BCUT2D eigenvalue weighted by Gasteiger charge is -2.21. The van der Waals surface area contributed by atoms with Gasteiger partial charge in [-0.25, -0.2) is 4.79 Å². The van der Waals surface area contributed by atoms with Gasteiger partial charge in [0.1, 0.15) is 0 Å². The smallest absolute Gasteiger partial charge is 0.317 e. The van der Waals surface area contributed by atoms with Gasteiger partial charge in [0.05, 0.1) is 12.6 Å². The van der Waals surface area contributed by atoms with Crippen molar-refractivity contribution in [2.75, 3.05) is 31.6 Å². The molecule has 0 radical (unpaired) electrons. The van der Waals surface area contributed by atoms with Crippen LogP contribution in [0.15, 0.2) is 18.2 Å². The fourth-order valence-corrected chi connectivity index (χ4v) is 2.48. The minimum absolute atomic E-state index is 0.0124. The Balaban J connectivity index is 2.01. The van der Waals surface area contributed by atoms with Crippen molar-refractivity contribution in [3.63, 3.8) is 0 Å². The number of aliphatic hydroxyl groups excluding tert-OH is 1. The number of carbonyl (C=O) groups excluding carboxylic acids is 2. The maximum Gasteiger partial charge on any atom is 0.317 e. The number of nitrogens with one attached hydrogen (secondary N) is 1. The molecule has 1 heterocycles. The van der Waals surface area contributed by atoms with Gasteiger partial charge in [-0.3, -0.25) is 4.79 Å². The topological polar surface area (TPSA) is 72.9 Å². The number of aryl methyl sites for hydroxylation is 2. The maximum absolute atomic E-state index is 12.2. The van der Waals surface area contributed by atoms with Gasteiger partial charge in [0.2, 0.25) is 5.91 Å². The summed E-state index contributed by atoms with van der Waals surface area (Å²) < 4.78 is 0. The first-order valence-electron chi connectivity index (χ1n) is 7.42. The standard InChI is InChI=1S/C16H23N3O3/c1-11-4-5-14(8-12(11)2)19-10-13(9-15(19)21)17-16(22)18(3)6-7-20/h4-5,8,13,20H,6-7,9-10H2,1-3H3,(H,17,22). The zero-order chi connectivity index (χ0) is 16.3. The summed E-state index contributed by atoms with van der Waals surface area (Å²) in [5, 5.41) is 11.7. The van der Waals surface area contributed by atoms with E-state index >= 15 is 0 Å². The number of likely N-dealkylation sites (N-methyl/N-ethyl adjacent to an activating group) is 1. The number of anilines is 1. The highest BCUT2D eigenvalue weighted by molar-refractivity contribution is 5.96. The Labute approximate surface area is 130 Å². The lowest BCUT2D eigenvalue weighted by molar-refractivity contribution is -0.117. The van der Waals surface area contributed by atoms with Crippen molar-refractivity contribution in [2.45, 2.75) is 26.3 Å². The van der Waals surface area contributed by atoms with Crippen LogP contribution in [-0.2, 0) is 4.79 Å². The van der Waals surface area contributed by atoms with Gasteiger partial charge in [0.25, 0.3) is 0 Å². The van der Waals surface area contributed by atoms with Crippen molar-refractivity contribution in [2.24, 2.45) is 0 Å². The van der Waals surface area contributed by atoms with Crippen LogP contribution in [0.3, 0.4) is 0 Å². The number of benzene rings is 1. The van der Waals surface area contributed by atoms with Gasteiger partial charge in [-0.15, -0.1) is 0 Å². The Bertz CT molecular complexity index is 574. The van der Waals surface area contributed by atoms with E-state index in [1.807, 2.05) is 32.0 Å². The van der Waals surface area contributed by atoms with Crippen LogP contribution < -0.4 is 10.2 Å². The molecule has 0 bridgehead atoms. The molecule has 0 saturated carbocycles. The van der Waals surface area contributed by atoms with Crippen LogP contribution in [0, 0.1) is 13.8 Å². The predicted octanol–water partition coefficient (Wildman–Crippen LogP) is 1.04. The number of nitrogens with zero attached hydrogens (tertiary/aromatic N) is 2. The Morgan fingerprint density at radius 3 is 2.77 bits per heavy atom. The molecule has 6 heteroatoms. The zero-order valence-corrected chi connectivity index (χ0v) is 13.3. The Hall–Kier alpha value is -2.08. The fraction of sp³-hybridized carbons (Fsp3) is 0.500. The number of carbonyl (C=O) groups is 2. The van der Waals surface area contributed by atoms with E-state index < -0.39 is 0 Å². The van der Waals surface area contributed by atoms with E-state index in [4.69, 9.17) is 5.11 Å². The monoisotopic (exact) mass is 305 g/mol. The van der Waals surface area contributed by atoms with Gasteiger partial charge in [-0.1, -0.05) is 6.07 Å². The average molecular weight is 305 g/mol. The first-order chi connectivity index (χ1) is 10.4. The van der Waals surface area contributed by atoms with Crippen molar-refractivity contribution in [3.05, 3.63) is 29.3 Å². The van der Waals surface area contributed by atoms with E-state index in [2.05, 4.69) is 5.32 Å². The van der Waals surface area contributed by atoms with E-state index in [1.165, 1.54) is 10.5 Å². The average Bonchev–Trinajstić information content (AvgIpc) is 2.83. The summed E-state index contributed by atoms with van der Waals surface area (Å²) in [5.41, 5.74) is 3.19. The molecule has 2 N–H and O–H groups in total. The minimum atomic E-state index is -0.270. The second kappa shape index (κ2) is 6.79. The van der Waals surface area contributed by atoms with Gasteiger partial charge >= 0.3 is 6.03 Å². The van der Waals surface area contributed by atoms with E-state index in [9.17, 15) is 9.59 Å². The van der Waals surface area contributed by atoms with Gasteiger partial charge in [-0.05, 0) is 37.1 Å². The van der Waals surface area contributed by atoms with E-state index in [0.29, 0.717) is 13.0 Å². The Morgan fingerprint density at radius 1 is 1.41 bits per heavy atom. The van der Waals surface area contributed by atoms with Crippen LogP contribution in [0.5, 0.6) is 0 Å². The quantitative estimate of drug-likeness (QED) is 0.873. The molecule has 1 aliphatic heterocycles. The highest BCUT2D eigenvalue weighted by Crippen LogP contribution is 2.24.